The van der Waals surface area contributed by atoms with E-state index in [1.807, 2.05) is 18.2 Å². The summed E-state index contributed by atoms with van der Waals surface area (Å²) >= 11 is 6.52. The molecule has 0 atom stereocenters. The van der Waals surface area contributed by atoms with E-state index in [2.05, 4.69) is 28.1 Å². The second kappa shape index (κ2) is 8.11. The average molecular weight is 398 g/mol. The second-order valence-corrected chi connectivity index (χ2v) is 6.94. The normalized spacial score (nSPS) is 14.2. The lowest BCUT2D eigenvalue weighted by molar-refractivity contribution is 0.122. The Morgan fingerprint density at radius 3 is 2.64 bits per heavy atom. The van der Waals surface area contributed by atoms with Crippen molar-refractivity contribution in [2.75, 3.05) is 44.4 Å². The number of aromatic amines is 1. The van der Waals surface area contributed by atoms with Gasteiger partial charge in [-0.2, -0.15) is 5.26 Å². The standard InChI is InChI=1S/C21H20ClN3O3/c22-19-12-20-17(18(13-23)21(24-20)28-10-7-26)11-16(19)14-1-3-15(4-2-14)25-5-8-27-9-6-25/h1-4,11-12,24,26H,5-10H2. The van der Waals surface area contributed by atoms with Crippen molar-refractivity contribution in [1.29, 1.82) is 5.26 Å². The summed E-state index contributed by atoms with van der Waals surface area (Å²) in [5, 5.41) is 19.9. The van der Waals surface area contributed by atoms with Gasteiger partial charge in [-0.05, 0) is 29.8 Å². The van der Waals surface area contributed by atoms with Crippen molar-refractivity contribution >= 4 is 28.2 Å². The number of benzene rings is 2. The van der Waals surface area contributed by atoms with Crippen LogP contribution in [0.15, 0.2) is 36.4 Å². The van der Waals surface area contributed by atoms with E-state index in [-0.39, 0.29) is 13.2 Å². The van der Waals surface area contributed by atoms with Gasteiger partial charge >= 0.3 is 0 Å². The maximum Gasteiger partial charge on any atom is 0.210 e. The first-order valence-corrected chi connectivity index (χ1v) is 9.51. The van der Waals surface area contributed by atoms with Crippen molar-refractivity contribution in [1.82, 2.24) is 4.98 Å². The highest BCUT2D eigenvalue weighted by atomic mass is 35.5. The minimum atomic E-state index is -0.123. The topological polar surface area (TPSA) is 81.5 Å². The third-order valence-electron chi connectivity index (χ3n) is 4.86. The number of hydrogen-bond donors (Lipinski definition) is 2. The molecule has 3 aromatic rings. The van der Waals surface area contributed by atoms with Gasteiger partial charge in [0, 0.05) is 29.7 Å². The molecule has 0 bridgehead atoms. The SMILES string of the molecule is N#Cc1c(OCCO)[nH]c2cc(Cl)c(-c3ccc(N4CCOCC4)cc3)cc12. The van der Waals surface area contributed by atoms with Crippen molar-refractivity contribution < 1.29 is 14.6 Å². The number of morpholine rings is 1. The highest BCUT2D eigenvalue weighted by molar-refractivity contribution is 6.34. The molecule has 1 aromatic heterocycles. The van der Waals surface area contributed by atoms with Crippen LogP contribution in [0.4, 0.5) is 5.69 Å². The first kappa shape index (κ1) is 18.6. The first-order valence-electron chi connectivity index (χ1n) is 9.13. The molecule has 0 spiro atoms. The van der Waals surface area contributed by atoms with E-state index < -0.39 is 0 Å². The first-order chi connectivity index (χ1) is 13.7. The van der Waals surface area contributed by atoms with Crippen LogP contribution in [0, 0.1) is 11.3 Å². The monoisotopic (exact) mass is 397 g/mol. The molecule has 0 aliphatic carbocycles. The number of fused-ring (bicyclic) bond motifs is 1. The van der Waals surface area contributed by atoms with Crippen LogP contribution in [0.25, 0.3) is 22.0 Å². The maximum absolute atomic E-state index is 9.55. The van der Waals surface area contributed by atoms with E-state index in [0.29, 0.717) is 16.5 Å². The number of halogens is 1. The Hall–Kier alpha value is -2.72. The van der Waals surface area contributed by atoms with Crippen molar-refractivity contribution in [2.24, 2.45) is 0 Å². The van der Waals surface area contributed by atoms with Crippen LogP contribution in [0.3, 0.4) is 0 Å². The quantitative estimate of drug-likeness (QED) is 0.687. The van der Waals surface area contributed by atoms with Crippen molar-refractivity contribution in [3.63, 3.8) is 0 Å². The summed E-state index contributed by atoms with van der Waals surface area (Å²) in [4.78, 5) is 5.36. The summed E-state index contributed by atoms with van der Waals surface area (Å²) in [6.07, 6.45) is 0. The Morgan fingerprint density at radius 2 is 1.96 bits per heavy atom. The molecule has 1 saturated heterocycles. The predicted molar refractivity (Wildman–Crippen MR) is 109 cm³/mol. The fourth-order valence-electron chi connectivity index (χ4n) is 3.45. The van der Waals surface area contributed by atoms with Gasteiger partial charge in [-0.1, -0.05) is 23.7 Å². The number of nitriles is 1. The van der Waals surface area contributed by atoms with E-state index >= 15 is 0 Å². The lowest BCUT2D eigenvalue weighted by Gasteiger charge is -2.29. The zero-order valence-corrected chi connectivity index (χ0v) is 16.0. The van der Waals surface area contributed by atoms with Crippen molar-refractivity contribution in [2.45, 2.75) is 0 Å². The summed E-state index contributed by atoms with van der Waals surface area (Å²) in [7, 11) is 0. The molecular weight excluding hydrogens is 378 g/mol. The lowest BCUT2D eigenvalue weighted by Crippen LogP contribution is -2.36. The number of H-pyrrole nitrogens is 1. The Kier molecular flexibility index (Phi) is 5.40. The van der Waals surface area contributed by atoms with Crippen molar-refractivity contribution in [3.8, 4) is 23.1 Å². The van der Waals surface area contributed by atoms with E-state index in [1.165, 1.54) is 0 Å². The summed E-state index contributed by atoms with van der Waals surface area (Å²) < 4.78 is 10.9. The number of hydrogen-bond acceptors (Lipinski definition) is 5. The average Bonchev–Trinajstić information content (AvgIpc) is 3.08. The molecule has 0 unspecified atom stereocenters. The predicted octanol–water partition coefficient (Wildman–Crippen LogP) is 3.57. The largest absolute Gasteiger partial charge is 0.476 e. The molecule has 2 aromatic carbocycles. The molecule has 28 heavy (non-hydrogen) atoms. The Labute approximate surface area is 167 Å². The maximum atomic E-state index is 9.55. The summed E-state index contributed by atoms with van der Waals surface area (Å²) in [6, 6.07) is 14.1. The van der Waals surface area contributed by atoms with E-state index in [9.17, 15) is 5.26 Å². The molecule has 1 aliphatic rings. The third kappa shape index (κ3) is 3.52. The van der Waals surface area contributed by atoms with Crippen LogP contribution in [0.1, 0.15) is 5.56 Å². The number of rotatable bonds is 5. The number of aromatic nitrogens is 1. The van der Waals surface area contributed by atoms with Gasteiger partial charge in [0.2, 0.25) is 5.88 Å². The van der Waals surface area contributed by atoms with Crippen LogP contribution in [-0.4, -0.2) is 49.6 Å². The minimum absolute atomic E-state index is 0.116. The third-order valence-corrected chi connectivity index (χ3v) is 5.17. The highest BCUT2D eigenvalue weighted by Crippen LogP contribution is 2.36. The molecule has 2 N–H and O–H groups in total. The number of nitrogens with one attached hydrogen (secondary N) is 1. The van der Waals surface area contributed by atoms with Gasteiger partial charge in [0.1, 0.15) is 18.2 Å². The van der Waals surface area contributed by atoms with E-state index in [1.54, 1.807) is 6.07 Å². The molecule has 1 aliphatic heterocycles. The second-order valence-electron chi connectivity index (χ2n) is 6.54. The van der Waals surface area contributed by atoms with Gasteiger partial charge in [-0.15, -0.1) is 0 Å². The Balaban J connectivity index is 1.70. The fourth-order valence-corrected chi connectivity index (χ4v) is 3.72. The number of aliphatic hydroxyl groups is 1. The van der Waals surface area contributed by atoms with Crippen LogP contribution in [0.5, 0.6) is 5.88 Å². The zero-order chi connectivity index (χ0) is 19.5. The molecule has 6 nitrogen and oxygen atoms in total. The minimum Gasteiger partial charge on any atom is -0.476 e. The molecule has 0 saturated carbocycles. The van der Waals surface area contributed by atoms with Gasteiger partial charge in [0.25, 0.3) is 0 Å². The van der Waals surface area contributed by atoms with Crippen LogP contribution in [0.2, 0.25) is 5.02 Å². The molecule has 0 radical (unpaired) electrons. The number of anilines is 1. The highest BCUT2D eigenvalue weighted by Gasteiger charge is 2.16. The zero-order valence-electron chi connectivity index (χ0n) is 15.2. The van der Waals surface area contributed by atoms with Crippen molar-refractivity contribution in [3.05, 3.63) is 47.0 Å². The Morgan fingerprint density at radius 1 is 1.21 bits per heavy atom. The summed E-state index contributed by atoms with van der Waals surface area (Å²) in [5.41, 5.74) is 4.12. The summed E-state index contributed by atoms with van der Waals surface area (Å²) in [5.74, 6) is 0.349. The van der Waals surface area contributed by atoms with Gasteiger partial charge in [0.15, 0.2) is 0 Å². The van der Waals surface area contributed by atoms with E-state index in [4.69, 9.17) is 26.2 Å². The smallest absolute Gasteiger partial charge is 0.210 e. The van der Waals surface area contributed by atoms with Gasteiger partial charge in [0.05, 0.1) is 30.4 Å². The molecule has 0 amide bonds. The van der Waals surface area contributed by atoms with Gasteiger partial charge < -0.3 is 24.5 Å². The molecule has 1 fully saturated rings. The fraction of sp³-hybridized carbons (Fsp3) is 0.286. The van der Waals surface area contributed by atoms with Crippen LogP contribution in [-0.2, 0) is 4.74 Å². The lowest BCUT2D eigenvalue weighted by atomic mass is 10.0. The van der Waals surface area contributed by atoms with Gasteiger partial charge in [-0.3, -0.25) is 0 Å². The Bertz CT molecular complexity index is 1020. The number of nitrogens with zero attached hydrogens (tertiary/aromatic N) is 2. The molecule has 4 rings (SSSR count). The molecular formula is C21H20ClN3O3. The van der Waals surface area contributed by atoms with Gasteiger partial charge in [-0.25, -0.2) is 0 Å². The molecule has 2 heterocycles. The molecule has 7 heteroatoms. The number of ether oxygens (including phenoxy) is 2. The molecule has 144 valence electrons. The van der Waals surface area contributed by atoms with Crippen LogP contribution >= 0.6 is 11.6 Å². The van der Waals surface area contributed by atoms with E-state index in [0.717, 1.165) is 54.0 Å². The van der Waals surface area contributed by atoms with Crippen LogP contribution < -0.4 is 9.64 Å². The number of aliphatic hydroxyl groups excluding tert-OH is 1. The summed E-state index contributed by atoms with van der Waals surface area (Å²) in [6.45, 7) is 3.26.